The second-order valence-electron chi connectivity index (χ2n) is 21.8. The zero-order chi connectivity index (χ0) is 63.8. The highest BCUT2D eigenvalue weighted by Crippen LogP contribution is 2.25. The minimum absolute atomic E-state index is 0.0231. The zero-order valence-corrected chi connectivity index (χ0v) is 51.2. The van der Waals surface area contributed by atoms with Gasteiger partial charge in [-0.1, -0.05) is 109 Å². The van der Waals surface area contributed by atoms with Gasteiger partial charge in [0.15, 0.2) is 33.6 Å². The molecule has 0 spiro atoms. The Morgan fingerprint density at radius 3 is 0.844 bits per heavy atom. The molecule has 6 aromatic heterocycles. The molecule has 6 aromatic carbocycles. The van der Waals surface area contributed by atoms with Crippen molar-refractivity contribution in [3.05, 3.63) is 316 Å². The second-order valence-corrected chi connectivity index (χ2v) is 21.8. The first-order chi connectivity index (χ1) is 43.4. The van der Waals surface area contributed by atoms with Crippen molar-refractivity contribution in [3.8, 4) is 0 Å². The molecule has 90 heavy (non-hydrogen) atoms. The SMILES string of the molecule is CCO.Cc1cc(C)c2c(=O)cc(C(=O)N(Cc3ccccc3)Cc3ccco3)oc2c1.Cc1cc(C)c2c(=O)cc(C(=O)N(Cc3ccccc3)Cc3ccco3)oc2c1.Cc1cc(C)c2c(=O)cc(C(=O)N(Cc3ccccc3)Cc3ccco3)oc2c1. The molecule has 0 bridgehead atoms. The van der Waals surface area contributed by atoms with Gasteiger partial charge in [0.05, 0.1) is 54.6 Å². The van der Waals surface area contributed by atoms with Crippen LogP contribution in [0, 0.1) is 41.5 Å². The lowest BCUT2D eigenvalue weighted by atomic mass is 10.1. The van der Waals surface area contributed by atoms with E-state index < -0.39 is 0 Å². The molecule has 0 unspecified atom stereocenters. The van der Waals surface area contributed by atoms with Gasteiger partial charge in [-0.2, -0.15) is 0 Å². The Labute approximate surface area is 519 Å². The van der Waals surface area contributed by atoms with Gasteiger partial charge in [0.2, 0.25) is 0 Å². The zero-order valence-electron chi connectivity index (χ0n) is 51.2. The molecule has 12 aromatic rings. The Bertz CT molecular complexity index is 4110. The number of carbonyl (C=O) groups excluding carboxylic acids is 3. The summed E-state index contributed by atoms with van der Waals surface area (Å²) in [6, 6.07) is 54.8. The van der Waals surface area contributed by atoms with Crippen molar-refractivity contribution in [1.82, 2.24) is 14.7 Å². The third-order valence-electron chi connectivity index (χ3n) is 14.4. The van der Waals surface area contributed by atoms with Crippen molar-refractivity contribution >= 4 is 50.6 Å². The second kappa shape index (κ2) is 29.7. The molecule has 0 atom stereocenters. The lowest BCUT2D eigenvalue weighted by molar-refractivity contribution is 0.0680. The topological polar surface area (TPSA) is 211 Å². The third-order valence-corrected chi connectivity index (χ3v) is 14.4. The fourth-order valence-corrected chi connectivity index (χ4v) is 10.6. The summed E-state index contributed by atoms with van der Waals surface area (Å²) in [7, 11) is 0. The number of aliphatic hydroxyl groups excluding tert-OH is 1. The van der Waals surface area contributed by atoms with Crippen LogP contribution < -0.4 is 16.3 Å². The molecular formula is C74H69N3O13. The Balaban J connectivity index is 0.000000156. The molecule has 12 rings (SSSR count). The van der Waals surface area contributed by atoms with Crippen LogP contribution in [-0.4, -0.2) is 44.1 Å². The first kappa shape index (κ1) is 63.7. The van der Waals surface area contributed by atoms with E-state index in [0.717, 1.165) is 50.1 Å². The van der Waals surface area contributed by atoms with E-state index in [0.29, 0.717) is 69.8 Å². The lowest BCUT2D eigenvalue weighted by Gasteiger charge is -2.21. The number of rotatable bonds is 15. The van der Waals surface area contributed by atoms with E-state index in [2.05, 4.69) is 0 Å². The molecular weight excluding hydrogens is 1140 g/mol. The molecule has 16 nitrogen and oxygen atoms in total. The smallest absolute Gasteiger partial charge is 0.290 e. The number of aliphatic hydroxyl groups is 1. The number of furan rings is 3. The minimum Gasteiger partial charge on any atom is -0.467 e. The quantitative estimate of drug-likeness (QED) is 0.101. The standard InChI is InChI=1S/3C24H21NO4.C2H6O/c3*1-16-11-17(2)23-20(26)13-22(29-21(23)12-16)24(27)25(15-19-9-6-10-28-19)14-18-7-4-3-5-8-18;1-2-3/h3*3-13H,14-15H2,1-2H3;3H,2H2,1H3. The van der Waals surface area contributed by atoms with Crippen LogP contribution in [0.4, 0.5) is 0 Å². The molecule has 1 N–H and O–H groups in total. The summed E-state index contributed by atoms with van der Waals surface area (Å²) in [6.07, 6.45) is 4.71. The predicted molar refractivity (Wildman–Crippen MR) is 345 cm³/mol. The maximum Gasteiger partial charge on any atom is 0.290 e. The normalized spacial score (nSPS) is 10.8. The average molecular weight is 1210 g/mol. The van der Waals surface area contributed by atoms with Gasteiger partial charge < -0.3 is 46.3 Å². The molecule has 16 heteroatoms. The van der Waals surface area contributed by atoms with Crippen molar-refractivity contribution in [2.24, 2.45) is 0 Å². The number of amides is 3. The average Bonchev–Trinajstić information content (AvgIpc) is 1.73. The molecule has 0 saturated carbocycles. The molecule has 0 radical (unpaired) electrons. The minimum atomic E-state index is -0.358. The molecule has 6 heterocycles. The van der Waals surface area contributed by atoms with Gasteiger partial charge in [-0.05, 0) is 153 Å². The first-order valence-electron chi connectivity index (χ1n) is 29.3. The van der Waals surface area contributed by atoms with E-state index in [1.165, 1.54) is 18.2 Å². The lowest BCUT2D eigenvalue weighted by Crippen LogP contribution is -2.30. The van der Waals surface area contributed by atoms with Crippen LogP contribution in [0.5, 0.6) is 0 Å². The van der Waals surface area contributed by atoms with E-state index in [4.69, 9.17) is 31.6 Å². The van der Waals surface area contributed by atoms with Crippen molar-refractivity contribution < 1.29 is 46.0 Å². The Morgan fingerprint density at radius 2 is 0.611 bits per heavy atom. The van der Waals surface area contributed by atoms with E-state index in [-0.39, 0.29) is 77.5 Å². The number of fused-ring (bicyclic) bond motifs is 3. The fraction of sp³-hybridized carbons (Fsp3) is 0.189. The summed E-state index contributed by atoms with van der Waals surface area (Å²) in [5.41, 5.74) is 8.98. The largest absolute Gasteiger partial charge is 0.467 e. The highest BCUT2D eigenvalue weighted by atomic mass is 16.4. The Hall–Kier alpha value is -10.8. The Kier molecular flexibility index (Phi) is 21.0. The van der Waals surface area contributed by atoms with Gasteiger partial charge in [-0.25, -0.2) is 0 Å². The van der Waals surface area contributed by atoms with Gasteiger partial charge in [0.25, 0.3) is 17.7 Å². The van der Waals surface area contributed by atoms with Crippen LogP contribution in [0.15, 0.2) is 242 Å². The van der Waals surface area contributed by atoms with Gasteiger partial charge in [-0.3, -0.25) is 28.8 Å². The van der Waals surface area contributed by atoms with Crippen molar-refractivity contribution in [3.63, 3.8) is 0 Å². The molecule has 458 valence electrons. The number of nitrogens with zero attached hydrogens (tertiary/aromatic N) is 3. The third kappa shape index (κ3) is 16.2. The van der Waals surface area contributed by atoms with Crippen LogP contribution in [0.2, 0.25) is 0 Å². The van der Waals surface area contributed by atoms with Gasteiger partial charge in [-0.15, -0.1) is 0 Å². The van der Waals surface area contributed by atoms with Crippen LogP contribution >= 0.6 is 0 Å². The molecule has 0 aliphatic heterocycles. The highest BCUT2D eigenvalue weighted by Gasteiger charge is 2.26. The Morgan fingerprint density at radius 1 is 0.356 bits per heavy atom. The van der Waals surface area contributed by atoms with Gasteiger partial charge >= 0.3 is 0 Å². The van der Waals surface area contributed by atoms with Crippen molar-refractivity contribution in [1.29, 1.82) is 0 Å². The summed E-state index contributed by atoms with van der Waals surface area (Å²) in [5.74, 6) is 0.965. The summed E-state index contributed by atoms with van der Waals surface area (Å²) >= 11 is 0. The van der Waals surface area contributed by atoms with Crippen molar-refractivity contribution in [2.75, 3.05) is 6.61 Å². The van der Waals surface area contributed by atoms with E-state index in [1.807, 2.05) is 169 Å². The van der Waals surface area contributed by atoms with Crippen molar-refractivity contribution in [2.45, 2.75) is 87.7 Å². The number of benzene rings is 6. The molecule has 0 saturated heterocycles. The molecule has 3 amide bonds. The van der Waals surface area contributed by atoms with Gasteiger partial charge in [0, 0.05) is 44.4 Å². The highest BCUT2D eigenvalue weighted by molar-refractivity contribution is 5.95. The fourth-order valence-electron chi connectivity index (χ4n) is 10.6. The molecule has 0 aliphatic rings. The van der Waals surface area contributed by atoms with Crippen LogP contribution in [0.3, 0.4) is 0 Å². The summed E-state index contributed by atoms with van der Waals surface area (Å²) in [5, 5.41) is 9.09. The molecule has 0 fully saturated rings. The number of aryl methyl sites for hydroxylation is 6. The predicted octanol–water partition coefficient (Wildman–Crippen LogP) is 14.5. The van der Waals surface area contributed by atoms with E-state index in [1.54, 1.807) is 76.8 Å². The van der Waals surface area contributed by atoms with Gasteiger partial charge in [0.1, 0.15) is 34.0 Å². The monoisotopic (exact) mass is 1210 g/mol. The summed E-state index contributed by atoms with van der Waals surface area (Å²) < 4.78 is 33.9. The number of hydrogen-bond acceptors (Lipinski definition) is 13. The van der Waals surface area contributed by atoms with Crippen LogP contribution in [0.1, 0.15) is 106 Å². The van der Waals surface area contributed by atoms with Crippen LogP contribution in [-0.2, 0) is 39.3 Å². The van der Waals surface area contributed by atoms with E-state index >= 15 is 0 Å². The maximum atomic E-state index is 13.3. The van der Waals surface area contributed by atoms with E-state index in [9.17, 15) is 28.8 Å². The summed E-state index contributed by atoms with van der Waals surface area (Å²) in [6.45, 7) is 15.3. The maximum absolute atomic E-state index is 13.3. The first-order valence-corrected chi connectivity index (χ1v) is 29.3. The molecule has 0 aliphatic carbocycles. The van der Waals surface area contributed by atoms with Crippen LogP contribution in [0.25, 0.3) is 32.9 Å². The summed E-state index contributed by atoms with van der Waals surface area (Å²) in [4.78, 5) is 82.8. The number of hydrogen-bond donors (Lipinski definition) is 1. The number of carbonyl (C=O) groups is 3.